The van der Waals surface area contributed by atoms with E-state index in [0.717, 1.165) is 6.54 Å². The highest BCUT2D eigenvalue weighted by Crippen LogP contribution is 1.77. The van der Waals surface area contributed by atoms with Gasteiger partial charge in [-0.2, -0.15) is 0 Å². The van der Waals surface area contributed by atoms with Crippen LogP contribution in [0, 0.1) is 0 Å². The van der Waals surface area contributed by atoms with E-state index in [1.807, 2.05) is 7.05 Å². The highest BCUT2D eigenvalue weighted by Gasteiger charge is 1.64. The van der Waals surface area contributed by atoms with Gasteiger partial charge in [0.1, 0.15) is 0 Å². The van der Waals surface area contributed by atoms with Gasteiger partial charge in [0.05, 0.1) is 0 Å². The lowest BCUT2D eigenvalue weighted by Gasteiger charge is -1.84. The van der Waals surface area contributed by atoms with Crippen molar-refractivity contribution in [3.05, 3.63) is 0 Å². The van der Waals surface area contributed by atoms with Crippen LogP contribution in [-0.4, -0.2) is 13.6 Å². The second-order valence-corrected chi connectivity index (χ2v) is 3.10. The molecule has 0 aliphatic rings. The molecule has 13 heavy (non-hydrogen) atoms. The van der Waals surface area contributed by atoms with Crippen LogP contribution < -0.4 is 5.32 Å². The number of rotatable bonds is 4. The Morgan fingerprint density at radius 3 is 0.923 bits per heavy atom. The molecular weight excluding hydrogens is 158 g/mol. The fourth-order valence-electron chi connectivity index (χ4n) is 0.250. The first-order chi connectivity index (χ1) is 6.24. The van der Waals surface area contributed by atoms with Gasteiger partial charge in [0.15, 0.2) is 0 Å². The van der Waals surface area contributed by atoms with Crippen LogP contribution >= 0.6 is 0 Å². The van der Waals surface area contributed by atoms with Crippen molar-refractivity contribution in [2.75, 3.05) is 13.6 Å². The molecule has 0 spiro atoms. The third-order valence-electron chi connectivity index (χ3n) is 1.50. The lowest BCUT2D eigenvalue weighted by molar-refractivity contribution is 0.772. The normalized spacial score (nSPS) is 7.85. The van der Waals surface area contributed by atoms with Crippen molar-refractivity contribution in [2.24, 2.45) is 0 Å². The van der Waals surface area contributed by atoms with Crippen molar-refractivity contribution >= 4 is 0 Å². The summed E-state index contributed by atoms with van der Waals surface area (Å²) in [6.45, 7) is 12.0. The van der Waals surface area contributed by atoms with Crippen LogP contribution in [0.25, 0.3) is 0 Å². The summed E-state index contributed by atoms with van der Waals surface area (Å²) in [5.74, 6) is 0. The maximum atomic E-state index is 3.02. The van der Waals surface area contributed by atoms with Gasteiger partial charge in [-0.3, -0.25) is 0 Å². The van der Waals surface area contributed by atoms with Gasteiger partial charge in [0.2, 0.25) is 0 Å². The zero-order chi connectivity index (χ0) is 10.9. The summed E-state index contributed by atoms with van der Waals surface area (Å²) in [6.07, 6.45) is 6.51. The summed E-state index contributed by atoms with van der Waals surface area (Å²) in [5, 5.41) is 3.02. The molecular formula is C12H31N. The molecule has 0 saturated carbocycles. The minimum atomic E-state index is 1.14. The first kappa shape index (κ1) is 18.7. The Hall–Kier alpha value is -0.0400. The van der Waals surface area contributed by atoms with E-state index in [9.17, 15) is 0 Å². The topological polar surface area (TPSA) is 12.0 Å². The minimum Gasteiger partial charge on any atom is -0.320 e. The fourth-order valence-corrected chi connectivity index (χ4v) is 0.250. The van der Waals surface area contributed by atoms with E-state index >= 15 is 0 Å². The Kier molecular flexibility index (Phi) is 42.6. The standard InChI is InChI=1S/C4H11N.2C4H10/c1-3-4-5-2;2*1-3-4-2/h5H,3-4H2,1-2H3;2*3-4H2,1-2H3. The molecule has 1 nitrogen and oxygen atoms in total. The van der Waals surface area contributed by atoms with Gasteiger partial charge >= 0.3 is 0 Å². The van der Waals surface area contributed by atoms with Crippen LogP contribution in [0.2, 0.25) is 0 Å². The predicted octanol–water partition coefficient (Wildman–Crippen LogP) is 4.23. The third-order valence-corrected chi connectivity index (χ3v) is 1.50. The largest absolute Gasteiger partial charge is 0.320 e. The lowest BCUT2D eigenvalue weighted by atomic mass is 10.4. The molecule has 84 valence electrons. The molecule has 0 bridgehead atoms. The summed E-state index contributed by atoms with van der Waals surface area (Å²) >= 11 is 0. The molecule has 0 unspecified atom stereocenters. The van der Waals surface area contributed by atoms with Gasteiger partial charge in [-0.05, 0) is 20.0 Å². The predicted molar refractivity (Wildman–Crippen MR) is 65.4 cm³/mol. The zero-order valence-electron chi connectivity index (χ0n) is 10.7. The van der Waals surface area contributed by atoms with E-state index in [0.29, 0.717) is 0 Å². The minimum absolute atomic E-state index is 1.14. The molecule has 1 N–H and O–H groups in total. The van der Waals surface area contributed by atoms with Crippen LogP contribution in [0.1, 0.15) is 66.7 Å². The highest BCUT2D eigenvalue weighted by molar-refractivity contribution is 4.28. The SMILES string of the molecule is CCCC.CCCC.CCCNC. The van der Waals surface area contributed by atoms with E-state index in [2.05, 4.69) is 39.9 Å². The van der Waals surface area contributed by atoms with Crippen molar-refractivity contribution < 1.29 is 0 Å². The van der Waals surface area contributed by atoms with Crippen molar-refractivity contribution in [1.29, 1.82) is 0 Å². The maximum absolute atomic E-state index is 3.02. The van der Waals surface area contributed by atoms with Crippen LogP contribution in [0.4, 0.5) is 0 Å². The van der Waals surface area contributed by atoms with Crippen LogP contribution in [0.3, 0.4) is 0 Å². The van der Waals surface area contributed by atoms with Crippen molar-refractivity contribution in [3.63, 3.8) is 0 Å². The van der Waals surface area contributed by atoms with E-state index in [-0.39, 0.29) is 0 Å². The summed E-state index contributed by atoms with van der Waals surface area (Å²) in [4.78, 5) is 0. The maximum Gasteiger partial charge on any atom is -0.00546 e. The second kappa shape index (κ2) is 29.7. The molecule has 0 aliphatic heterocycles. The summed E-state index contributed by atoms with van der Waals surface area (Å²) < 4.78 is 0. The molecule has 0 fully saturated rings. The molecule has 1 heteroatoms. The summed E-state index contributed by atoms with van der Waals surface area (Å²) in [5.41, 5.74) is 0. The van der Waals surface area contributed by atoms with E-state index < -0.39 is 0 Å². The average Bonchev–Trinajstić information content (AvgIpc) is 2.20. The molecule has 0 radical (unpaired) electrons. The molecule has 0 heterocycles. The van der Waals surface area contributed by atoms with Crippen molar-refractivity contribution in [2.45, 2.75) is 66.7 Å². The van der Waals surface area contributed by atoms with Crippen LogP contribution in [0.15, 0.2) is 0 Å². The molecule has 0 aromatic carbocycles. The van der Waals surface area contributed by atoms with Crippen LogP contribution in [0.5, 0.6) is 0 Å². The molecule has 0 rings (SSSR count). The second-order valence-electron chi connectivity index (χ2n) is 3.10. The quantitative estimate of drug-likeness (QED) is 0.698. The van der Waals surface area contributed by atoms with Gasteiger partial charge in [-0.25, -0.2) is 0 Å². The lowest BCUT2D eigenvalue weighted by Crippen LogP contribution is -2.04. The van der Waals surface area contributed by atoms with Gasteiger partial charge in [0.25, 0.3) is 0 Å². The fraction of sp³-hybridized carbons (Fsp3) is 1.00. The van der Waals surface area contributed by atoms with Crippen molar-refractivity contribution in [1.82, 2.24) is 5.32 Å². The van der Waals surface area contributed by atoms with Crippen molar-refractivity contribution in [3.8, 4) is 0 Å². The number of nitrogens with one attached hydrogen (secondary N) is 1. The molecule has 0 saturated heterocycles. The van der Waals surface area contributed by atoms with Crippen LogP contribution in [-0.2, 0) is 0 Å². The van der Waals surface area contributed by atoms with Gasteiger partial charge in [-0.15, -0.1) is 0 Å². The van der Waals surface area contributed by atoms with E-state index in [1.54, 1.807) is 0 Å². The van der Waals surface area contributed by atoms with E-state index in [4.69, 9.17) is 0 Å². The monoisotopic (exact) mass is 189 g/mol. The first-order valence-corrected chi connectivity index (χ1v) is 5.89. The number of unbranched alkanes of at least 4 members (excludes halogenated alkanes) is 2. The Bertz CT molecular complexity index is 34.4. The first-order valence-electron chi connectivity index (χ1n) is 5.89. The summed E-state index contributed by atoms with van der Waals surface area (Å²) in [7, 11) is 1.96. The number of hydrogen-bond donors (Lipinski definition) is 1. The van der Waals surface area contributed by atoms with Gasteiger partial charge < -0.3 is 5.32 Å². The molecule has 0 aromatic heterocycles. The molecule has 0 aliphatic carbocycles. The Labute approximate surface area is 86.3 Å². The molecule has 0 aromatic rings. The zero-order valence-corrected chi connectivity index (χ0v) is 10.7. The summed E-state index contributed by atoms with van der Waals surface area (Å²) in [6, 6.07) is 0. The Balaban J connectivity index is -0.000000117. The molecule has 0 atom stereocenters. The Morgan fingerprint density at radius 1 is 0.615 bits per heavy atom. The third kappa shape index (κ3) is 75.7. The van der Waals surface area contributed by atoms with E-state index in [1.165, 1.54) is 32.1 Å². The van der Waals surface area contributed by atoms with Gasteiger partial charge in [-0.1, -0.05) is 60.3 Å². The smallest absolute Gasteiger partial charge is 0.00546 e. The highest BCUT2D eigenvalue weighted by atomic mass is 14.8. The Morgan fingerprint density at radius 2 is 0.923 bits per heavy atom. The molecule has 0 amide bonds. The van der Waals surface area contributed by atoms with Gasteiger partial charge in [0, 0.05) is 0 Å². The number of hydrogen-bond acceptors (Lipinski definition) is 1. The average molecular weight is 189 g/mol.